The van der Waals surface area contributed by atoms with Crippen molar-refractivity contribution >= 4 is 35.6 Å². The van der Waals surface area contributed by atoms with Crippen LogP contribution in [-0.2, 0) is 0 Å². The number of ether oxygens (including phenoxy) is 1. The smallest absolute Gasteiger partial charge is 0.193 e. The molecule has 0 saturated carbocycles. The van der Waals surface area contributed by atoms with E-state index in [4.69, 9.17) is 10.5 Å². The predicted molar refractivity (Wildman–Crippen MR) is 92.6 cm³/mol. The van der Waals surface area contributed by atoms with Crippen LogP contribution in [0.3, 0.4) is 0 Å². The molecule has 0 bridgehead atoms. The molecule has 0 atom stereocenters. The number of rotatable bonds is 6. The predicted octanol–water partition coefficient (Wildman–Crippen LogP) is 3.48. The molecule has 0 fully saturated rings. The summed E-state index contributed by atoms with van der Waals surface area (Å²) in [6, 6.07) is 7.61. The normalized spacial score (nSPS) is 11.1. The second-order valence-electron chi connectivity index (χ2n) is 4.66. The summed E-state index contributed by atoms with van der Waals surface area (Å²) in [6.07, 6.45) is 2.24. The second-order valence-corrected chi connectivity index (χ2v) is 4.66. The molecule has 19 heavy (non-hydrogen) atoms. The minimum atomic E-state index is 0. The molecule has 3 N–H and O–H groups in total. The van der Waals surface area contributed by atoms with Crippen LogP contribution >= 0.6 is 24.0 Å². The van der Waals surface area contributed by atoms with Gasteiger partial charge in [0.2, 0.25) is 0 Å². The first-order valence-electron chi connectivity index (χ1n) is 6.33. The van der Waals surface area contributed by atoms with Gasteiger partial charge in [-0.1, -0.05) is 19.9 Å². The van der Waals surface area contributed by atoms with Crippen LogP contribution in [0.1, 0.15) is 26.7 Å². The van der Waals surface area contributed by atoms with Crippen molar-refractivity contribution < 1.29 is 4.74 Å². The van der Waals surface area contributed by atoms with Gasteiger partial charge in [0.1, 0.15) is 5.75 Å². The zero-order valence-electron chi connectivity index (χ0n) is 11.8. The number of nitrogens with two attached hydrogens (primary N) is 1. The third-order valence-corrected chi connectivity index (χ3v) is 2.56. The van der Waals surface area contributed by atoms with E-state index in [1.807, 2.05) is 24.3 Å². The van der Waals surface area contributed by atoms with E-state index in [0.29, 0.717) is 11.9 Å². The van der Waals surface area contributed by atoms with Gasteiger partial charge < -0.3 is 15.8 Å². The highest BCUT2D eigenvalue weighted by Gasteiger charge is 1.97. The molecule has 108 valence electrons. The van der Waals surface area contributed by atoms with Gasteiger partial charge in [-0.15, -0.1) is 24.0 Å². The molecule has 1 rings (SSSR count). The van der Waals surface area contributed by atoms with E-state index in [-0.39, 0.29) is 24.0 Å². The van der Waals surface area contributed by atoms with Gasteiger partial charge in [0.25, 0.3) is 0 Å². The van der Waals surface area contributed by atoms with Crippen molar-refractivity contribution in [2.45, 2.75) is 26.7 Å². The first-order chi connectivity index (χ1) is 8.61. The topological polar surface area (TPSA) is 59.6 Å². The molecule has 1 aromatic carbocycles. The van der Waals surface area contributed by atoms with Crippen LogP contribution in [-0.4, -0.2) is 19.6 Å². The standard InChI is InChI=1S/C14H23N3O.HI/c1-11(2)6-5-9-16-14(15)17-12-7-4-8-13(10-12)18-3;/h4,7-8,10-11H,5-6,9H2,1-3H3,(H3,15,16,17);1H. The number of methoxy groups -OCH3 is 1. The lowest BCUT2D eigenvalue weighted by Crippen LogP contribution is -2.22. The average molecular weight is 377 g/mol. The molecular formula is C14H24IN3O. The number of nitrogens with zero attached hydrogens (tertiary/aromatic N) is 1. The highest BCUT2D eigenvalue weighted by molar-refractivity contribution is 14.0. The molecule has 0 radical (unpaired) electrons. The van der Waals surface area contributed by atoms with Crippen LogP contribution in [0.4, 0.5) is 5.69 Å². The van der Waals surface area contributed by atoms with Crippen molar-refractivity contribution in [3.05, 3.63) is 24.3 Å². The molecular weight excluding hydrogens is 353 g/mol. The van der Waals surface area contributed by atoms with E-state index in [1.54, 1.807) is 7.11 Å². The third kappa shape index (κ3) is 7.92. The number of hydrogen-bond donors (Lipinski definition) is 2. The summed E-state index contributed by atoms with van der Waals surface area (Å²) in [4.78, 5) is 4.29. The summed E-state index contributed by atoms with van der Waals surface area (Å²) in [5, 5.41) is 3.05. The van der Waals surface area contributed by atoms with Crippen LogP contribution in [0.2, 0.25) is 0 Å². The monoisotopic (exact) mass is 377 g/mol. The molecule has 0 aliphatic carbocycles. The summed E-state index contributed by atoms with van der Waals surface area (Å²) >= 11 is 0. The zero-order valence-corrected chi connectivity index (χ0v) is 14.2. The van der Waals surface area contributed by atoms with Crippen molar-refractivity contribution in [1.82, 2.24) is 0 Å². The summed E-state index contributed by atoms with van der Waals surface area (Å²) in [7, 11) is 1.64. The summed E-state index contributed by atoms with van der Waals surface area (Å²) in [5.41, 5.74) is 6.70. The maximum Gasteiger partial charge on any atom is 0.193 e. The van der Waals surface area contributed by atoms with Gasteiger partial charge in [-0.05, 0) is 30.9 Å². The van der Waals surface area contributed by atoms with Gasteiger partial charge in [-0.3, -0.25) is 4.99 Å². The van der Waals surface area contributed by atoms with Crippen LogP contribution in [0, 0.1) is 5.92 Å². The Morgan fingerprint density at radius 2 is 2.16 bits per heavy atom. The Balaban J connectivity index is 0.00000324. The quantitative estimate of drug-likeness (QED) is 0.345. The van der Waals surface area contributed by atoms with E-state index < -0.39 is 0 Å². The fourth-order valence-electron chi connectivity index (χ4n) is 1.59. The Morgan fingerprint density at radius 1 is 1.42 bits per heavy atom. The van der Waals surface area contributed by atoms with Crippen molar-refractivity contribution in [2.24, 2.45) is 16.6 Å². The van der Waals surface area contributed by atoms with Crippen molar-refractivity contribution in [2.75, 3.05) is 19.0 Å². The molecule has 0 aromatic heterocycles. The maximum absolute atomic E-state index is 5.81. The van der Waals surface area contributed by atoms with Crippen LogP contribution < -0.4 is 15.8 Å². The lowest BCUT2D eigenvalue weighted by molar-refractivity contribution is 0.415. The van der Waals surface area contributed by atoms with E-state index in [2.05, 4.69) is 24.2 Å². The molecule has 0 spiro atoms. The largest absolute Gasteiger partial charge is 0.497 e. The molecule has 0 saturated heterocycles. The van der Waals surface area contributed by atoms with E-state index in [1.165, 1.54) is 6.42 Å². The molecule has 0 aliphatic rings. The average Bonchev–Trinajstić information content (AvgIpc) is 2.34. The fraction of sp³-hybridized carbons (Fsp3) is 0.500. The van der Waals surface area contributed by atoms with E-state index in [0.717, 1.165) is 24.4 Å². The highest BCUT2D eigenvalue weighted by Crippen LogP contribution is 2.16. The Hall–Kier alpha value is -0.980. The van der Waals surface area contributed by atoms with Gasteiger partial charge in [0, 0.05) is 18.3 Å². The summed E-state index contributed by atoms with van der Waals surface area (Å²) < 4.78 is 5.14. The van der Waals surface area contributed by atoms with Crippen LogP contribution in [0.15, 0.2) is 29.3 Å². The first kappa shape index (κ1) is 18.0. The molecule has 0 aliphatic heterocycles. The lowest BCUT2D eigenvalue weighted by atomic mass is 10.1. The summed E-state index contributed by atoms with van der Waals surface area (Å²) in [6.45, 7) is 5.18. The van der Waals surface area contributed by atoms with Gasteiger partial charge in [0.05, 0.1) is 7.11 Å². The summed E-state index contributed by atoms with van der Waals surface area (Å²) in [5.74, 6) is 1.97. The van der Waals surface area contributed by atoms with Crippen LogP contribution in [0.5, 0.6) is 5.75 Å². The molecule has 5 heteroatoms. The minimum absolute atomic E-state index is 0. The first-order valence-corrected chi connectivity index (χ1v) is 6.33. The number of benzene rings is 1. The molecule has 0 unspecified atom stereocenters. The van der Waals surface area contributed by atoms with Gasteiger partial charge in [-0.25, -0.2) is 0 Å². The Morgan fingerprint density at radius 3 is 2.79 bits per heavy atom. The fourth-order valence-corrected chi connectivity index (χ4v) is 1.59. The van der Waals surface area contributed by atoms with Gasteiger partial charge in [0.15, 0.2) is 5.96 Å². The van der Waals surface area contributed by atoms with Crippen molar-refractivity contribution in [3.8, 4) is 5.75 Å². The number of guanidine groups is 1. The molecule has 0 heterocycles. The Labute approximate surface area is 132 Å². The Kier molecular flexibility index (Phi) is 9.38. The van der Waals surface area contributed by atoms with Crippen molar-refractivity contribution in [1.29, 1.82) is 0 Å². The van der Waals surface area contributed by atoms with Crippen LogP contribution in [0.25, 0.3) is 0 Å². The van der Waals surface area contributed by atoms with Gasteiger partial charge >= 0.3 is 0 Å². The number of halogens is 1. The number of nitrogens with one attached hydrogen (secondary N) is 1. The highest BCUT2D eigenvalue weighted by atomic mass is 127. The third-order valence-electron chi connectivity index (χ3n) is 2.56. The van der Waals surface area contributed by atoms with E-state index >= 15 is 0 Å². The van der Waals surface area contributed by atoms with Gasteiger partial charge in [-0.2, -0.15) is 0 Å². The molecule has 1 aromatic rings. The van der Waals surface area contributed by atoms with E-state index in [9.17, 15) is 0 Å². The lowest BCUT2D eigenvalue weighted by Gasteiger charge is -2.07. The number of aliphatic imine (C=N–C) groups is 1. The SMILES string of the molecule is COc1cccc(NC(N)=NCCCC(C)C)c1.I. The Bertz CT molecular complexity index is 394. The maximum atomic E-state index is 5.81. The zero-order chi connectivity index (χ0) is 13.4. The number of anilines is 1. The molecule has 4 nitrogen and oxygen atoms in total. The van der Waals surface area contributed by atoms with Crippen molar-refractivity contribution in [3.63, 3.8) is 0 Å². The second kappa shape index (κ2) is 9.89. The molecule has 0 amide bonds. The minimum Gasteiger partial charge on any atom is -0.497 e. The number of hydrogen-bond acceptors (Lipinski definition) is 2.